The van der Waals surface area contributed by atoms with Crippen molar-refractivity contribution < 1.29 is 14.0 Å². The Morgan fingerprint density at radius 1 is 0.880 bits per heavy atom. The van der Waals surface area contributed by atoms with E-state index in [1.54, 1.807) is 36.4 Å². The average molecular weight is 334 g/mol. The quantitative estimate of drug-likeness (QED) is 0.740. The highest BCUT2D eigenvalue weighted by molar-refractivity contribution is 6.02. The number of hydrogen-bond acceptors (Lipinski definition) is 3. The van der Waals surface area contributed by atoms with Gasteiger partial charge in [-0.1, -0.05) is 30.3 Å². The van der Waals surface area contributed by atoms with Crippen LogP contribution < -0.4 is 10.6 Å². The van der Waals surface area contributed by atoms with Crippen LogP contribution in [0.3, 0.4) is 0 Å². The Morgan fingerprint density at radius 2 is 1.60 bits per heavy atom. The van der Waals surface area contributed by atoms with Gasteiger partial charge in [0.25, 0.3) is 11.8 Å². The third-order valence-corrected chi connectivity index (χ3v) is 3.80. The number of amides is 2. The smallest absolute Gasteiger partial charge is 0.291 e. The topological polar surface area (TPSA) is 71.3 Å². The summed E-state index contributed by atoms with van der Waals surface area (Å²) in [6.45, 7) is 1.94. The maximum absolute atomic E-state index is 12.3. The molecule has 2 amide bonds. The van der Waals surface area contributed by atoms with Crippen molar-refractivity contribution in [3.05, 3.63) is 89.9 Å². The minimum Gasteiger partial charge on any atom is -0.459 e. The summed E-state index contributed by atoms with van der Waals surface area (Å²) in [5.41, 5.74) is 2.16. The minimum atomic E-state index is -0.333. The molecular weight excluding hydrogens is 316 g/mol. The van der Waals surface area contributed by atoms with E-state index in [4.69, 9.17) is 4.42 Å². The molecule has 0 aliphatic heterocycles. The van der Waals surface area contributed by atoms with Crippen molar-refractivity contribution in [1.82, 2.24) is 5.32 Å². The highest BCUT2D eigenvalue weighted by atomic mass is 16.3. The predicted molar refractivity (Wildman–Crippen MR) is 95.4 cm³/mol. The summed E-state index contributed by atoms with van der Waals surface area (Å²) in [5, 5.41) is 5.67. The van der Waals surface area contributed by atoms with E-state index in [1.165, 1.54) is 6.26 Å². The Labute approximate surface area is 145 Å². The second kappa shape index (κ2) is 7.49. The summed E-state index contributed by atoms with van der Waals surface area (Å²) < 4.78 is 5.04. The van der Waals surface area contributed by atoms with Crippen LogP contribution in [-0.2, 0) is 0 Å². The van der Waals surface area contributed by atoms with Gasteiger partial charge in [-0.2, -0.15) is 0 Å². The molecular formula is C20H18N2O3. The molecule has 5 heteroatoms. The lowest BCUT2D eigenvalue weighted by Gasteiger charge is -2.14. The maximum atomic E-state index is 12.3. The molecule has 1 atom stereocenters. The van der Waals surface area contributed by atoms with Crippen molar-refractivity contribution in [1.29, 1.82) is 0 Å². The molecule has 0 saturated carbocycles. The van der Waals surface area contributed by atoms with E-state index in [0.29, 0.717) is 11.3 Å². The summed E-state index contributed by atoms with van der Waals surface area (Å²) in [6.07, 6.45) is 1.44. The van der Waals surface area contributed by atoms with Gasteiger partial charge in [0.1, 0.15) is 0 Å². The summed E-state index contributed by atoms with van der Waals surface area (Å²) in [6, 6.07) is 19.6. The van der Waals surface area contributed by atoms with Crippen molar-refractivity contribution in [3.63, 3.8) is 0 Å². The van der Waals surface area contributed by atoms with Gasteiger partial charge in [0.05, 0.1) is 12.3 Å². The van der Waals surface area contributed by atoms with Gasteiger partial charge in [-0.05, 0) is 48.9 Å². The first-order chi connectivity index (χ1) is 12.1. The van der Waals surface area contributed by atoms with Gasteiger partial charge < -0.3 is 15.1 Å². The van der Waals surface area contributed by atoms with E-state index < -0.39 is 0 Å². The number of carbonyl (C=O) groups excluding carboxylic acids is 2. The number of benzene rings is 2. The molecule has 0 spiro atoms. The molecule has 3 rings (SSSR count). The first-order valence-corrected chi connectivity index (χ1v) is 7.94. The minimum absolute atomic E-state index is 0.0907. The SMILES string of the molecule is C[C@@H](NC(=O)c1ccc(NC(=O)c2ccco2)cc1)c1ccccc1. The van der Waals surface area contributed by atoms with E-state index in [0.717, 1.165) is 5.56 Å². The summed E-state index contributed by atoms with van der Waals surface area (Å²) in [4.78, 5) is 24.2. The Hall–Kier alpha value is -3.34. The van der Waals surface area contributed by atoms with Gasteiger partial charge >= 0.3 is 0 Å². The average Bonchev–Trinajstić information content (AvgIpc) is 3.18. The van der Waals surface area contributed by atoms with E-state index >= 15 is 0 Å². The van der Waals surface area contributed by atoms with Crippen molar-refractivity contribution in [2.75, 3.05) is 5.32 Å². The van der Waals surface area contributed by atoms with Crippen LogP contribution in [0, 0.1) is 0 Å². The molecule has 126 valence electrons. The van der Waals surface area contributed by atoms with Gasteiger partial charge in [0, 0.05) is 11.3 Å². The maximum Gasteiger partial charge on any atom is 0.291 e. The van der Waals surface area contributed by atoms with Crippen molar-refractivity contribution >= 4 is 17.5 Å². The second-order valence-corrected chi connectivity index (χ2v) is 5.61. The van der Waals surface area contributed by atoms with Gasteiger partial charge in [-0.15, -0.1) is 0 Å². The van der Waals surface area contributed by atoms with Crippen LogP contribution in [0.4, 0.5) is 5.69 Å². The van der Waals surface area contributed by atoms with E-state index in [2.05, 4.69) is 10.6 Å². The molecule has 2 aromatic carbocycles. The molecule has 0 fully saturated rings. The summed E-state index contributed by atoms with van der Waals surface area (Å²) in [5.74, 6) is -0.265. The predicted octanol–water partition coefficient (Wildman–Crippen LogP) is 4.02. The number of furan rings is 1. The highest BCUT2D eigenvalue weighted by Gasteiger charge is 2.12. The van der Waals surface area contributed by atoms with E-state index in [9.17, 15) is 9.59 Å². The first-order valence-electron chi connectivity index (χ1n) is 7.94. The van der Waals surface area contributed by atoms with Crippen LogP contribution >= 0.6 is 0 Å². The molecule has 1 heterocycles. The fourth-order valence-corrected chi connectivity index (χ4v) is 2.41. The second-order valence-electron chi connectivity index (χ2n) is 5.61. The van der Waals surface area contributed by atoms with Crippen LogP contribution in [0.25, 0.3) is 0 Å². The highest BCUT2D eigenvalue weighted by Crippen LogP contribution is 2.15. The van der Waals surface area contributed by atoms with E-state index in [1.807, 2.05) is 37.3 Å². The standard InChI is InChI=1S/C20H18N2O3/c1-14(15-6-3-2-4-7-15)21-19(23)16-9-11-17(12-10-16)22-20(24)18-8-5-13-25-18/h2-14H,1H3,(H,21,23)(H,22,24)/t14-/m1/s1. The van der Waals surface area contributed by atoms with Crippen molar-refractivity contribution in [2.24, 2.45) is 0 Å². The Balaban J connectivity index is 1.61. The Morgan fingerprint density at radius 3 is 2.24 bits per heavy atom. The summed E-state index contributed by atoms with van der Waals surface area (Å²) in [7, 11) is 0. The lowest BCUT2D eigenvalue weighted by atomic mass is 10.1. The molecule has 5 nitrogen and oxygen atoms in total. The van der Waals surface area contributed by atoms with Gasteiger partial charge in [-0.25, -0.2) is 0 Å². The third kappa shape index (κ3) is 4.14. The zero-order chi connectivity index (χ0) is 17.6. The van der Waals surface area contributed by atoms with Crippen LogP contribution in [0.15, 0.2) is 77.4 Å². The molecule has 2 N–H and O–H groups in total. The Kier molecular flexibility index (Phi) is 4.95. The molecule has 0 bridgehead atoms. The fraction of sp³-hybridized carbons (Fsp3) is 0.100. The summed E-state index contributed by atoms with van der Waals surface area (Å²) >= 11 is 0. The van der Waals surface area contributed by atoms with Gasteiger partial charge in [0.15, 0.2) is 5.76 Å². The molecule has 0 aliphatic carbocycles. The Bertz CT molecular complexity index is 840. The molecule has 3 aromatic rings. The number of hydrogen-bond donors (Lipinski definition) is 2. The number of rotatable bonds is 5. The largest absolute Gasteiger partial charge is 0.459 e. The van der Waals surface area contributed by atoms with Crippen molar-refractivity contribution in [2.45, 2.75) is 13.0 Å². The molecule has 0 saturated heterocycles. The number of carbonyl (C=O) groups is 2. The number of anilines is 1. The monoisotopic (exact) mass is 334 g/mol. The fourth-order valence-electron chi connectivity index (χ4n) is 2.41. The first kappa shape index (κ1) is 16.5. The van der Waals surface area contributed by atoms with Crippen LogP contribution in [0.1, 0.15) is 39.4 Å². The zero-order valence-electron chi connectivity index (χ0n) is 13.7. The normalized spacial score (nSPS) is 11.6. The van der Waals surface area contributed by atoms with Crippen LogP contribution in [-0.4, -0.2) is 11.8 Å². The van der Waals surface area contributed by atoms with Crippen LogP contribution in [0.5, 0.6) is 0 Å². The lowest BCUT2D eigenvalue weighted by Crippen LogP contribution is -2.26. The molecule has 1 aromatic heterocycles. The lowest BCUT2D eigenvalue weighted by molar-refractivity contribution is 0.0939. The molecule has 0 unspecified atom stereocenters. The van der Waals surface area contributed by atoms with Crippen LogP contribution in [0.2, 0.25) is 0 Å². The molecule has 25 heavy (non-hydrogen) atoms. The van der Waals surface area contributed by atoms with Gasteiger partial charge in [0.2, 0.25) is 0 Å². The molecule has 0 aliphatic rings. The third-order valence-electron chi connectivity index (χ3n) is 3.80. The number of nitrogens with one attached hydrogen (secondary N) is 2. The van der Waals surface area contributed by atoms with E-state index in [-0.39, 0.29) is 23.6 Å². The van der Waals surface area contributed by atoms with Gasteiger partial charge in [-0.3, -0.25) is 9.59 Å². The van der Waals surface area contributed by atoms with Crippen molar-refractivity contribution in [3.8, 4) is 0 Å². The zero-order valence-corrected chi connectivity index (χ0v) is 13.7. The molecule has 0 radical (unpaired) electrons.